The number of ether oxygens (including phenoxy) is 1. The monoisotopic (exact) mass is 395 g/mol. The molecule has 0 aliphatic carbocycles. The van der Waals surface area contributed by atoms with E-state index in [1.54, 1.807) is 17.0 Å². The number of hydrogen-bond donors (Lipinski definition) is 2. The Balaban J connectivity index is 1.51. The quantitative estimate of drug-likeness (QED) is 0.775. The minimum Gasteiger partial charge on any atom is -0.370 e. The SMILES string of the molecule is Cc1cccc(NC(=O)C(=O)NCC(=O)N2CCOC(c3ccccc3)C2)c1C. The largest absolute Gasteiger partial charge is 0.370 e. The van der Waals surface area contributed by atoms with E-state index < -0.39 is 11.8 Å². The van der Waals surface area contributed by atoms with Gasteiger partial charge >= 0.3 is 11.8 Å². The molecule has 2 aromatic rings. The van der Waals surface area contributed by atoms with Crippen LogP contribution in [-0.2, 0) is 19.1 Å². The van der Waals surface area contributed by atoms with Gasteiger partial charge in [-0.3, -0.25) is 14.4 Å². The summed E-state index contributed by atoms with van der Waals surface area (Å²) in [5.41, 5.74) is 3.49. The Bertz CT molecular complexity index is 898. The Morgan fingerprint density at radius 3 is 2.55 bits per heavy atom. The molecular weight excluding hydrogens is 370 g/mol. The molecule has 1 atom stereocenters. The number of carbonyl (C=O) groups is 3. The lowest BCUT2D eigenvalue weighted by Crippen LogP contribution is -2.48. The van der Waals surface area contributed by atoms with Gasteiger partial charge in [-0.05, 0) is 36.6 Å². The van der Waals surface area contributed by atoms with E-state index in [9.17, 15) is 14.4 Å². The Morgan fingerprint density at radius 2 is 1.79 bits per heavy atom. The van der Waals surface area contributed by atoms with Gasteiger partial charge in [0.2, 0.25) is 5.91 Å². The highest BCUT2D eigenvalue weighted by atomic mass is 16.5. The van der Waals surface area contributed by atoms with Crippen molar-refractivity contribution in [2.45, 2.75) is 20.0 Å². The molecule has 0 aromatic heterocycles. The van der Waals surface area contributed by atoms with Crippen molar-refractivity contribution in [2.75, 3.05) is 31.6 Å². The molecule has 1 fully saturated rings. The van der Waals surface area contributed by atoms with Crippen molar-refractivity contribution in [1.82, 2.24) is 10.2 Å². The number of nitrogens with zero attached hydrogens (tertiary/aromatic N) is 1. The molecule has 29 heavy (non-hydrogen) atoms. The van der Waals surface area contributed by atoms with Gasteiger partial charge in [0, 0.05) is 12.2 Å². The maximum Gasteiger partial charge on any atom is 0.313 e. The molecule has 3 amide bonds. The van der Waals surface area contributed by atoms with Crippen molar-refractivity contribution >= 4 is 23.4 Å². The smallest absolute Gasteiger partial charge is 0.313 e. The van der Waals surface area contributed by atoms with E-state index in [2.05, 4.69) is 10.6 Å². The lowest BCUT2D eigenvalue weighted by Gasteiger charge is -2.33. The first-order valence-corrected chi connectivity index (χ1v) is 9.55. The minimum absolute atomic E-state index is 0.197. The van der Waals surface area contributed by atoms with E-state index in [1.807, 2.05) is 50.2 Å². The topological polar surface area (TPSA) is 87.7 Å². The van der Waals surface area contributed by atoms with Crippen LogP contribution in [0.15, 0.2) is 48.5 Å². The molecule has 3 rings (SSSR count). The van der Waals surface area contributed by atoms with Crippen LogP contribution in [0.5, 0.6) is 0 Å². The summed E-state index contributed by atoms with van der Waals surface area (Å²) in [4.78, 5) is 38.4. The number of nitrogens with one attached hydrogen (secondary N) is 2. The first-order valence-electron chi connectivity index (χ1n) is 9.55. The molecule has 1 aliphatic heterocycles. The van der Waals surface area contributed by atoms with Crippen LogP contribution in [0.3, 0.4) is 0 Å². The van der Waals surface area contributed by atoms with E-state index in [0.29, 0.717) is 25.4 Å². The average molecular weight is 395 g/mol. The molecule has 0 saturated carbocycles. The number of morpholine rings is 1. The van der Waals surface area contributed by atoms with Crippen LogP contribution in [0.1, 0.15) is 22.8 Å². The highest BCUT2D eigenvalue weighted by molar-refractivity contribution is 6.40. The molecule has 7 heteroatoms. The minimum atomic E-state index is -0.841. The molecule has 7 nitrogen and oxygen atoms in total. The maximum absolute atomic E-state index is 12.5. The van der Waals surface area contributed by atoms with Gasteiger partial charge < -0.3 is 20.3 Å². The average Bonchev–Trinajstić information content (AvgIpc) is 2.75. The van der Waals surface area contributed by atoms with E-state index >= 15 is 0 Å². The predicted molar refractivity (Wildman–Crippen MR) is 109 cm³/mol. The van der Waals surface area contributed by atoms with Crippen LogP contribution >= 0.6 is 0 Å². The van der Waals surface area contributed by atoms with Crippen molar-refractivity contribution in [2.24, 2.45) is 0 Å². The summed E-state index contributed by atoms with van der Waals surface area (Å²) in [6, 6.07) is 15.2. The van der Waals surface area contributed by atoms with Gasteiger partial charge in [0.15, 0.2) is 0 Å². The van der Waals surface area contributed by atoms with Crippen molar-refractivity contribution in [3.05, 3.63) is 65.2 Å². The van der Waals surface area contributed by atoms with Gasteiger partial charge in [-0.15, -0.1) is 0 Å². The molecule has 0 radical (unpaired) electrons. The fourth-order valence-electron chi connectivity index (χ4n) is 3.16. The van der Waals surface area contributed by atoms with Gasteiger partial charge in [0.05, 0.1) is 19.7 Å². The van der Waals surface area contributed by atoms with Crippen LogP contribution in [0.4, 0.5) is 5.69 Å². The van der Waals surface area contributed by atoms with E-state index in [-0.39, 0.29) is 18.6 Å². The lowest BCUT2D eigenvalue weighted by molar-refractivity contribution is -0.141. The first kappa shape index (κ1) is 20.5. The number of aryl methyl sites for hydroxylation is 1. The third-order valence-electron chi connectivity index (χ3n) is 5.05. The second-order valence-corrected chi connectivity index (χ2v) is 6.99. The number of amides is 3. The van der Waals surface area contributed by atoms with Gasteiger partial charge in [-0.1, -0.05) is 42.5 Å². The lowest BCUT2D eigenvalue weighted by atomic mass is 10.1. The summed E-state index contributed by atoms with van der Waals surface area (Å²) in [5.74, 6) is -1.88. The number of rotatable bonds is 4. The molecule has 0 spiro atoms. The highest BCUT2D eigenvalue weighted by Crippen LogP contribution is 2.22. The second kappa shape index (κ2) is 9.34. The third kappa shape index (κ3) is 5.20. The van der Waals surface area contributed by atoms with E-state index in [0.717, 1.165) is 16.7 Å². The summed E-state index contributed by atoms with van der Waals surface area (Å²) in [5, 5.41) is 4.99. The summed E-state index contributed by atoms with van der Waals surface area (Å²) >= 11 is 0. The molecule has 0 bridgehead atoms. The summed E-state index contributed by atoms with van der Waals surface area (Å²) in [7, 11) is 0. The maximum atomic E-state index is 12.5. The molecule has 1 unspecified atom stereocenters. The third-order valence-corrected chi connectivity index (χ3v) is 5.05. The van der Waals surface area contributed by atoms with Crippen LogP contribution in [0, 0.1) is 13.8 Å². The van der Waals surface area contributed by atoms with Gasteiger partial charge in [-0.25, -0.2) is 0 Å². The summed E-state index contributed by atoms with van der Waals surface area (Å²) in [6.45, 7) is 4.84. The first-order chi connectivity index (χ1) is 14.0. The van der Waals surface area contributed by atoms with Crippen molar-refractivity contribution in [3.63, 3.8) is 0 Å². The zero-order valence-electron chi connectivity index (χ0n) is 16.6. The Morgan fingerprint density at radius 1 is 1.03 bits per heavy atom. The molecule has 1 aliphatic rings. The molecule has 1 saturated heterocycles. The van der Waals surface area contributed by atoms with Crippen LogP contribution < -0.4 is 10.6 Å². The summed E-state index contributed by atoms with van der Waals surface area (Å²) < 4.78 is 5.75. The standard InChI is InChI=1S/C22H25N3O4/c1-15-7-6-10-18(16(15)2)24-22(28)21(27)23-13-20(26)25-11-12-29-19(14-25)17-8-4-3-5-9-17/h3-10,19H,11-14H2,1-2H3,(H,23,27)(H,24,28). The van der Waals surface area contributed by atoms with E-state index in [1.165, 1.54) is 0 Å². The normalized spacial score (nSPS) is 16.2. The van der Waals surface area contributed by atoms with Crippen LogP contribution in [-0.4, -0.2) is 48.9 Å². The van der Waals surface area contributed by atoms with E-state index in [4.69, 9.17) is 4.74 Å². The van der Waals surface area contributed by atoms with Crippen LogP contribution in [0.25, 0.3) is 0 Å². The fraction of sp³-hybridized carbons (Fsp3) is 0.318. The number of benzene rings is 2. The fourth-order valence-corrected chi connectivity index (χ4v) is 3.16. The Labute approximate surface area is 170 Å². The number of anilines is 1. The Kier molecular flexibility index (Phi) is 6.61. The molecule has 152 valence electrons. The zero-order chi connectivity index (χ0) is 20.8. The second-order valence-electron chi connectivity index (χ2n) is 6.99. The van der Waals surface area contributed by atoms with Crippen molar-refractivity contribution < 1.29 is 19.1 Å². The number of carbonyl (C=O) groups excluding carboxylic acids is 3. The zero-order valence-corrected chi connectivity index (χ0v) is 16.6. The molecule has 2 N–H and O–H groups in total. The highest BCUT2D eigenvalue weighted by Gasteiger charge is 2.26. The molecule has 2 aromatic carbocycles. The summed E-state index contributed by atoms with van der Waals surface area (Å²) in [6.07, 6.45) is -0.197. The van der Waals surface area contributed by atoms with Gasteiger partial charge in [-0.2, -0.15) is 0 Å². The molecular formula is C22H25N3O4. The van der Waals surface area contributed by atoms with Crippen molar-refractivity contribution in [3.8, 4) is 0 Å². The predicted octanol–water partition coefficient (Wildman–Crippen LogP) is 1.96. The van der Waals surface area contributed by atoms with Gasteiger partial charge in [0.25, 0.3) is 0 Å². The van der Waals surface area contributed by atoms with Crippen LogP contribution in [0.2, 0.25) is 0 Å². The van der Waals surface area contributed by atoms with Crippen molar-refractivity contribution in [1.29, 1.82) is 0 Å². The number of hydrogen-bond acceptors (Lipinski definition) is 4. The Hall–Kier alpha value is -3.19. The molecule has 1 heterocycles. The van der Waals surface area contributed by atoms with Gasteiger partial charge in [0.1, 0.15) is 6.10 Å².